The highest BCUT2D eigenvalue weighted by Gasteiger charge is 2.15. The molecule has 30 heavy (non-hydrogen) atoms. The molecule has 0 bridgehead atoms. The Morgan fingerprint density at radius 1 is 1.00 bits per heavy atom. The van der Waals surface area contributed by atoms with E-state index in [9.17, 15) is 14.4 Å². The second-order valence-electron chi connectivity index (χ2n) is 6.64. The summed E-state index contributed by atoms with van der Waals surface area (Å²) in [6.45, 7) is 3.42. The number of benzene rings is 2. The smallest absolute Gasteiger partial charge is 0.338 e. The number of nitrogens with one attached hydrogen (secondary N) is 2. The van der Waals surface area contributed by atoms with E-state index in [-0.39, 0.29) is 11.3 Å². The first-order valence-corrected chi connectivity index (χ1v) is 9.47. The highest BCUT2D eigenvalue weighted by atomic mass is 16.5. The van der Waals surface area contributed by atoms with Gasteiger partial charge < -0.3 is 19.8 Å². The van der Waals surface area contributed by atoms with E-state index < -0.39 is 24.4 Å². The Morgan fingerprint density at radius 2 is 1.77 bits per heavy atom. The first kappa shape index (κ1) is 20.9. The van der Waals surface area contributed by atoms with Crippen LogP contribution in [0.1, 0.15) is 39.0 Å². The van der Waals surface area contributed by atoms with Crippen molar-refractivity contribution in [3.63, 3.8) is 0 Å². The molecule has 1 aromatic heterocycles. The molecule has 1 heterocycles. The van der Waals surface area contributed by atoms with Crippen molar-refractivity contribution in [2.24, 2.45) is 0 Å². The number of ether oxygens (including phenoxy) is 1. The van der Waals surface area contributed by atoms with Gasteiger partial charge in [0.25, 0.3) is 11.8 Å². The molecule has 2 aromatic carbocycles. The van der Waals surface area contributed by atoms with Crippen LogP contribution in [0, 0.1) is 6.92 Å². The molecule has 3 rings (SSSR count). The first-order chi connectivity index (χ1) is 14.5. The zero-order chi connectivity index (χ0) is 21.5. The van der Waals surface area contributed by atoms with Gasteiger partial charge in [-0.1, -0.05) is 25.1 Å². The molecule has 7 heteroatoms. The Labute approximate surface area is 174 Å². The van der Waals surface area contributed by atoms with Crippen LogP contribution in [-0.2, 0) is 16.0 Å². The van der Waals surface area contributed by atoms with Crippen molar-refractivity contribution in [3.8, 4) is 0 Å². The SMILES string of the molecule is CCc1ccc(NC(=O)COC(=O)c2ccc(C)c(NC(=O)c3ccco3)c2)cc1. The van der Waals surface area contributed by atoms with Crippen LogP contribution in [0.25, 0.3) is 0 Å². The normalized spacial score (nSPS) is 10.3. The van der Waals surface area contributed by atoms with E-state index in [1.54, 1.807) is 37.3 Å². The van der Waals surface area contributed by atoms with E-state index >= 15 is 0 Å². The van der Waals surface area contributed by atoms with Crippen LogP contribution in [0.2, 0.25) is 0 Å². The zero-order valence-corrected chi connectivity index (χ0v) is 16.7. The van der Waals surface area contributed by atoms with E-state index in [0.717, 1.165) is 17.5 Å². The molecule has 0 radical (unpaired) electrons. The predicted molar refractivity (Wildman–Crippen MR) is 113 cm³/mol. The molecule has 2 N–H and O–H groups in total. The van der Waals surface area contributed by atoms with E-state index in [2.05, 4.69) is 10.6 Å². The summed E-state index contributed by atoms with van der Waals surface area (Å²) in [5, 5.41) is 5.37. The van der Waals surface area contributed by atoms with Crippen molar-refractivity contribution in [2.45, 2.75) is 20.3 Å². The number of hydrogen-bond donors (Lipinski definition) is 2. The summed E-state index contributed by atoms with van der Waals surface area (Å²) < 4.78 is 10.2. The maximum absolute atomic E-state index is 12.3. The maximum atomic E-state index is 12.3. The van der Waals surface area contributed by atoms with E-state index in [1.165, 1.54) is 18.4 Å². The zero-order valence-electron chi connectivity index (χ0n) is 16.7. The van der Waals surface area contributed by atoms with Gasteiger partial charge in [0.15, 0.2) is 12.4 Å². The fraction of sp³-hybridized carbons (Fsp3) is 0.174. The molecule has 0 spiro atoms. The average molecular weight is 406 g/mol. The lowest BCUT2D eigenvalue weighted by Crippen LogP contribution is -2.21. The summed E-state index contributed by atoms with van der Waals surface area (Å²) in [5.41, 5.74) is 3.22. The molecule has 0 unspecified atom stereocenters. The summed E-state index contributed by atoms with van der Waals surface area (Å²) in [6, 6.07) is 15.3. The molecule has 0 aliphatic carbocycles. The highest BCUT2D eigenvalue weighted by molar-refractivity contribution is 6.03. The first-order valence-electron chi connectivity index (χ1n) is 9.47. The van der Waals surface area contributed by atoms with Gasteiger partial charge in [-0.05, 0) is 60.9 Å². The number of aryl methyl sites for hydroxylation is 2. The van der Waals surface area contributed by atoms with Crippen LogP contribution in [0.5, 0.6) is 0 Å². The van der Waals surface area contributed by atoms with Crippen LogP contribution >= 0.6 is 0 Å². The van der Waals surface area contributed by atoms with Gasteiger partial charge in [-0.3, -0.25) is 9.59 Å². The molecule has 7 nitrogen and oxygen atoms in total. The minimum absolute atomic E-state index is 0.158. The van der Waals surface area contributed by atoms with Crippen LogP contribution in [0.4, 0.5) is 11.4 Å². The molecule has 154 valence electrons. The largest absolute Gasteiger partial charge is 0.459 e. The van der Waals surface area contributed by atoms with Crippen molar-refractivity contribution < 1.29 is 23.5 Å². The van der Waals surface area contributed by atoms with Gasteiger partial charge >= 0.3 is 5.97 Å². The van der Waals surface area contributed by atoms with E-state index in [4.69, 9.17) is 9.15 Å². The Morgan fingerprint density at radius 3 is 2.43 bits per heavy atom. The second-order valence-corrected chi connectivity index (χ2v) is 6.64. The fourth-order valence-electron chi connectivity index (χ4n) is 2.71. The van der Waals surface area contributed by atoms with Gasteiger partial charge in [-0.25, -0.2) is 4.79 Å². The Bertz CT molecular complexity index is 1040. The summed E-state index contributed by atoms with van der Waals surface area (Å²) in [7, 11) is 0. The summed E-state index contributed by atoms with van der Waals surface area (Å²) in [5.74, 6) is -1.38. The lowest BCUT2D eigenvalue weighted by atomic mass is 10.1. The van der Waals surface area contributed by atoms with Gasteiger partial charge in [-0.2, -0.15) is 0 Å². The van der Waals surface area contributed by atoms with E-state index in [0.29, 0.717) is 11.4 Å². The third kappa shape index (κ3) is 5.35. The number of carbonyl (C=O) groups excluding carboxylic acids is 3. The Balaban J connectivity index is 1.58. The molecular formula is C23H22N2O5. The van der Waals surface area contributed by atoms with Crippen molar-refractivity contribution in [3.05, 3.63) is 83.3 Å². The lowest BCUT2D eigenvalue weighted by Gasteiger charge is -2.10. The quantitative estimate of drug-likeness (QED) is 0.573. The molecule has 0 saturated heterocycles. The fourth-order valence-corrected chi connectivity index (χ4v) is 2.71. The van der Waals surface area contributed by atoms with Crippen LogP contribution in [0.15, 0.2) is 65.3 Å². The summed E-state index contributed by atoms with van der Waals surface area (Å²) >= 11 is 0. The standard InChI is InChI=1S/C23H22N2O5/c1-3-16-7-10-18(11-8-16)24-21(26)14-30-23(28)17-9-6-15(2)19(13-17)25-22(27)20-5-4-12-29-20/h4-13H,3,14H2,1-2H3,(H,24,26)(H,25,27). The second kappa shape index (κ2) is 9.56. The molecule has 0 fully saturated rings. The number of amides is 2. The molecule has 3 aromatic rings. The Hall–Kier alpha value is -3.87. The molecule has 0 aliphatic rings. The van der Waals surface area contributed by atoms with Crippen LogP contribution in [0.3, 0.4) is 0 Å². The minimum Gasteiger partial charge on any atom is -0.459 e. The predicted octanol–water partition coefficient (Wildman–Crippen LogP) is 4.20. The Kier molecular flexibility index (Phi) is 6.64. The molecule has 0 atom stereocenters. The average Bonchev–Trinajstić information content (AvgIpc) is 3.29. The van der Waals surface area contributed by atoms with E-state index in [1.807, 2.05) is 19.1 Å². The van der Waals surface area contributed by atoms with Gasteiger partial charge in [0.1, 0.15) is 0 Å². The number of furan rings is 1. The molecule has 0 saturated carbocycles. The van der Waals surface area contributed by atoms with Gasteiger partial charge in [-0.15, -0.1) is 0 Å². The van der Waals surface area contributed by atoms with Crippen molar-refractivity contribution in [1.82, 2.24) is 0 Å². The maximum Gasteiger partial charge on any atom is 0.338 e. The third-order valence-corrected chi connectivity index (χ3v) is 4.45. The number of rotatable bonds is 7. The minimum atomic E-state index is -0.667. The molecule has 2 amide bonds. The van der Waals surface area contributed by atoms with Gasteiger partial charge in [0.2, 0.25) is 0 Å². The summed E-state index contributed by atoms with van der Waals surface area (Å²) in [6.07, 6.45) is 2.31. The van der Waals surface area contributed by atoms with Gasteiger partial charge in [0.05, 0.1) is 11.8 Å². The summed E-state index contributed by atoms with van der Waals surface area (Å²) in [4.78, 5) is 36.5. The molecule has 0 aliphatic heterocycles. The topological polar surface area (TPSA) is 97.6 Å². The van der Waals surface area contributed by atoms with Crippen LogP contribution < -0.4 is 10.6 Å². The monoisotopic (exact) mass is 406 g/mol. The molecular weight excluding hydrogens is 384 g/mol. The van der Waals surface area contributed by atoms with Crippen molar-refractivity contribution in [1.29, 1.82) is 0 Å². The van der Waals surface area contributed by atoms with Gasteiger partial charge in [0, 0.05) is 11.4 Å². The number of anilines is 2. The van der Waals surface area contributed by atoms with Crippen molar-refractivity contribution >= 4 is 29.2 Å². The number of esters is 1. The third-order valence-electron chi connectivity index (χ3n) is 4.45. The lowest BCUT2D eigenvalue weighted by molar-refractivity contribution is -0.119. The number of carbonyl (C=O) groups is 3. The highest BCUT2D eigenvalue weighted by Crippen LogP contribution is 2.19. The van der Waals surface area contributed by atoms with Crippen molar-refractivity contribution in [2.75, 3.05) is 17.2 Å². The van der Waals surface area contributed by atoms with Crippen LogP contribution in [-0.4, -0.2) is 24.4 Å². The number of hydrogen-bond acceptors (Lipinski definition) is 5.